The monoisotopic (exact) mass is 464 g/mol. The molecule has 2 nitrogen and oxygen atoms in total. The molecule has 0 spiro atoms. The van der Waals surface area contributed by atoms with Crippen LogP contribution in [0.25, 0.3) is 0 Å². The van der Waals surface area contributed by atoms with E-state index in [0.29, 0.717) is 10.8 Å². The van der Waals surface area contributed by atoms with Gasteiger partial charge in [-0.15, -0.1) is 11.6 Å². The predicted molar refractivity (Wildman–Crippen MR) is 134 cm³/mol. The predicted octanol–water partition coefficient (Wildman–Crippen LogP) is 8.26. The van der Waals surface area contributed by atoms with Crippen LogP contribution in [-0.4, -0.2) is 18.0 Å². The second kappa shape index (κ2) is 9.79. The van der Waals surface area contributed by atoms with Gasteiger partial charge >= 0.3 is 5.97 Å². The molecule has 3 heteroatoms. The quantitative estimate of drug-likeness (QED) is 0.280. The van der Waals surface area contributed by atoms with Crippen molar-refractivity contribution in [1.82, 2.24) is 0 Å². The van der Waals surface area contributed by atoms with Gasteiger partial charge < -0.3 is 4.74 Å². The van der Waals surface area contributed by atoms with Crippen molar-refractivity contribution in [3.63, 3.8) is 0 Å². The normalized spacial score (nSPS) is 44.5. The Morgan fingerprint density at radius 2 is 1.66 bits per heavy atom. The Balaban J connectivity index is 1.42. The SMILES string of the molecule is CC(C)CCC[C@@H](C)[C@H]1CCC2C3CCC4CC(OC(=O)CCl)CC[C@]4(C)C3CC[C@@]21C. The van der Waals surface area contributed by atoms with Crippen LogP contribution in [0.15, 0.2) is 0 Å². The zero-order chi connectivity index (χ0) is 23.1. The third kappa shape index (κ3) is 4.52. The summed E-state index contributed by atoms with van der Waals surface area (Å²) in [7, 11) is 0. The molecule has 4 rings (SSSR count). The number of hydrogen-bond donors (Lipinski definition) is 0. The number of esters is 1. The molecule has 0 saturated heterocycles. The Hall–Kier alpha value is -0.240. The number of rotatable bonds is 7. The van der Waals surface area contributed by atoms with Crippen molar-refractivity contribution in [3.05, 3.63) is 0 Å². The van der Waals surface area contributed by atoms with Gasteiger partial charge in [0.05, 0.1) is 0 Å². The molecule has 0 aliphatic heterocycles. The molecular weight excluding hydrogens is 416 g/mol. The number of halogens is 1. The molecule has 0 bridgehead atoms. The summed E-state index contributed by atoms with van der Waals surface area (Å²) >= 11 is 5.69. The minimum Gasteiger partial charge on any atom is -0.461 e. The molecule has 32 heavy (non-hydrogen) atoms. The van der Waals surface area contributed by atoms with Crippen molar-refractivity contribution >= 4 is 17.6 Å². The maximum absolute atomic E-state index is 11.7. The van der Waals surface area contributed by atoms with Crippen molar-refractivity contribution in [1.29, 1.82) is 0 Å². The number of hydrogen-bond acceptors (Lipinski definition) is 2. The molecule has 0 heterocycles. The van der Waals surface area contributed by atoms with Crippen molar-refractivity contribution in [3.8, 4) is 0 Å². The molecule has 0 N–H and O–H groups in total. The number of alkyl halides is 1. The van der Waals surface area contributed by atoms with E-state index >= 15 is 0 Å². The molecule has 9 atom stereocenters. The summed E-state index contributed by atoms with van der Waals surface area (Å²) in [5, 5.41) is 0. The van der Waals surface area contributed by atoms with Crippen LogP contribution in [0.4, 0.5) is 0 Å². The van der Waals surface area contributed by atoms with Crippen LogP contribution in [0.3, 0.4) is 0 Å². The van der Waals surface area contributed by atoms with Crippen molar-refractivity contribution < 1.29 is 9.53 Å². The maximum atomic E-state index is 11.7. The minimum absolute atomic E-state index is 0.0134. The van der Waals surface area contributed by atoms with Crippen molar-refractivity contribution in [2.45, 2.75) is 118 Å². The Labute approximate surface area is 203 Å². The van der Waals surface area contributed by atoms with Gasteiger partial charge in [-0.05, 0) is 110 Å². The van der Waals surface area contributed by atoms with E-state index in [-0.39, 0.29) is 18.0 Å². The molecule has 0 amide bonds. The number of fused-ring (bicyclic) bond motifs is 5. The Bertz CT molecular complexity index is 662. The number of ether oxygens (including phenoxy) is 1. The van der Waals surface area contributed by atoms with Gasteiger partial charge in [0, 0.05) is 0 Å². The lowest BCUT2D eigenvalue weighted by Crippen LogP contribution is -2.54. The van der Waals surface area contributed by atoms with E-state index in [1.165, 1.54) is 64.2 Å². The summed E-state index contributed by atoms with van der Waals surface area (Å²) in [6.45, 7) is 12.6. The zero-order valence-electron chi connectivity index (χ0n) is 21.5. The lowest BCUT2D eigenvalue weighted by molar-refractivity contribution is -0.160. The molecule has 4 aliphatic carbocycles. The van der Waals surface area contributed by atoms with Crippen LogP contribution < -0.4 is 0 Å². The fourth-order valence-corrected chi connectivity index (χ4v) is 9.63. The Kier molecular flexibility index (Phi) is 7.61. The van der Waals surface area contributed by atoms with Crippen molar-refractivity contribution in [2.24, 2.45) is 52.3 Å². The molecule has 5 unspecified atom stereocenters. The summed E-state index contributed by atoms with van der Waals surface area (Å²) in [6, 6.07) is 0. The smallest absolute Gasteiger partial charge is 0.321 e. The first kappa shape index (κ1) is 24.9. The molecular formula is C29H49ClO2. The highest BCUT2D eigenvalue weighted by atomic mass is 35.5. The molecule has 0 aromatic rings. The highest BCUT2D eigenvalue weighted by Crippen LogP contribution is 2.68. The Morgan fingerprint density at radius 3 is 2.38 bits per heavy atom. The third-order valence-corrected chi connectivity index (χ3v) is 11.4. The standard InChI is InChI=1S/C29H49ClO2/c1-19(2)7-6-8-20(3)24-11-12-25-23-10-9-21-17-22(32-27(31)18-30)13-15-28(21,4)26(23)14-16-29(24,25)5/h19-26H,6-18H2,1-5H3/t20-,21?,22?,23?,24-,25?,26?,28+,29-/m1/s1. The molecule has 184 valence electrons. The van der Waals surface area contributed by atoms with Gasteiger partial charge in [0.2, 0.25) is 0 Å². The van der Waals surface area contributed by atoms with Gasteiger partial charge in [-0.25, -0.2) is 0 Å². The molecule has 4 aliphatic rings. The number of carbonyl (C=O) groups is 1. The van der Waals surface area contributed by atoms with Gasteiger partial charge in [-0.2, -0.15) is 0 Å². The van der Waals surface area contributed by atoms with E-state index in [4.69, 9.17) is 16.3 Å². The minimum atomic E-state index is -0.234. The second-order valence-electron chi connectivity index (χ2n) is 13.2. The van der Waals surface area contributed by atoms with Gasteiger partial charge in [0.15, 0.2) is 0 Å². The maximum Gasteiger partial charge on any atom is 0.321 e. The summed E-state index contributed by atoms with van der Waals surface area (Å²) in [5.41, 5.74) is 1.03. The largest absolute Gasteiger partial charge is 0.461 e. The van der Waals surface area contributed by atoms with Crippen LogP contribution in [0.1, 0.15) is 112 Å². The van der Waals surface area contributed by atoms with Crippen LogP contribution in [-0.2, 0) is 9.53 Å². The molecule has 0 radical (unpaired) electrons. The summed E-state index contributed by atoms with van der Waals surface area (Å²) in [5.74, 6) is 5.92. The van der Waals surface area contributed by atoms with Crippen LogP contribution >= 0.6 is 11.6 Å². The topological polar surface area (TPSA) is 26.3 Å². The van der Waals surface area contributed by atoms with Crippen LogP contribution in [0, 0.1) is 52.3 Å². The fourth-order valence-electron chi connectivity index (χ4n) is 9.57. The van der Waals surface area contributed by atoms with Gasteiger partial charge in [-0.1, -0.05) is 53.9 Å². The summed E-state index contributed by atoms with van der Waals surface area (Å²) in [4.78, 5) is 11.7. The molecule has 4 saturated carbocycles. The third-order valence-electron chi connectivity index (χ3n) is 11.2. The lowest BCUT2D eigenvalue weighted by Gasteiger charge is -2.61. The van der Waals surface area contributed by atoms with Crippen molar-refractivity contribution in [2.75, 3.05) is 5.88 Å². The van der Waals surface area contributed by atoms with Gasteiger partial charge in [-0.3, -0.25) is 4.79 Å². The van der Waals surface area contributed by atoms with Gasteiger partial charge in [0.1, 0.15) is 12.0 Å². The van der Waals surface area contributed by atoms with Crippen LogP contribution in [0.5, 0.6) is 0 Å². The average Bonchev–Trinajstić information content (AvgIpc) is 3.11. The van der Waals surface area contributed by atoms with Crippen LogP contribution in [0.2, 0.25) is 0 Å². The van der Waals surface area contributed by atoms with E-state index in [1.807, 2.05) is 0 Å². The molecule has 0 aromatic carbocycles. The van der Waals surface area contributed by atoms with E-state index in [2.05, 4.69) is 34.6 Å². The number of carbonyl (C=O) groups excluding carboxylic acids is 1. The van der Waals surface area contributed by atoms with Gasteiger partial charge in [0.25, 0.3) is 0 Å². The zero-order valence-corrected chi connectivity index (χ0v) is 22.3. The van der Waals surface area contributed by atoms with E-state index in [9.17, 15) is 4.79 Å². The van der Waals surface area contributed by atoms with E-state index < -0.39 is 0 Å². The second-order valence-corrected chi connectivity index (χ2v) is 13.5. The highest BCUT2D eigenvalue weighted by Gasteiger charge is 2.60. The first-order valence-electron chi connectivity index (χ1n) is 13.9. The first-order valence-corrected chi connectivity index (χ1v) is 14.5. The average molecular weight is 465 g/mol. The molecule has 4 fully saturated rings. The Morgan fingerprint density at radius 1 is 0.938 bits per heavy atom. The highest BCUT2D eigenvalue weighted by molar-refractivity contribution is 6.26. The lowest BCUT2D eigenvalue weighted by atomic mass is 9.44. The van der Waals surface area contributed by atoms with E-state index in [1.54, 1.807) is 0 Å². The van der Waals surface area contributed by atoms with E-state index in [0.717, 1.165) is 54.3 Å². The molecule has 0 aromatic heterocycles. The summed E-state index contributed by atoms with van der Waals surface area (Å²) < 4.78 is 5.67. The first-order chi connectivity index (χ1) is 15.2. The summed E-state index contributed by atoms with van der Waals surface area (Å²) in [6.07, 6.45) is 16.3. The fraction of sp³-hybridized carbons (Fsp3) is 0.966.